The quantitative estimate of drug-likeness (QED) is 0.416. The van der Waals surface area contributed by atoms with E-state index in [4.69, 9.17) is 4.74 Å². The Morgan fingerprint density at radius 3 is 2.26 bits per heavy atom. The van der Waals surface area contributed by atoms with Crippen molar-refractivity contribution in [1.29, 1.82) is 0 Å². The summed E-state index contributed by atoms with van der Waals surface area (Å²) in [6, 6.07) is 15.8. The highest BCUT2D eigenvalue weighted by molar-refractivity contribution is 6.11. The fourth-order valence-electron chi connectivity index (χ4n) is 3.48. The number of anilines is 2. The molecule has 0 aliphatic rings. The van der Waals surface area contributed by atoms with Gasteiger partial charge in [-0.25, -0.2) is 13.8 Å². The maximum atomic E-state index is 13.7. The summed E-state index contributed by atoms with van der Waals surface area (Å²) in [4.78, 5) is 36.6. The molecule has 0 spiro atoms. The van der Waals surface area contributed by atoms with E-state index < -0.39 is 29.5 Å². The molecule has 1 N–H and O–H groups in total. The molecule has 176 valence electrons. The van der Waals surface area contributed by atoms with Crippen molar-refractivity contribution in [2.75, 3.05) is 17.3 Å². The van der Waals surface area contributed by atoms with Crippen LogP contribution in [-0.4, -0.2) is 28.9 Å². The van der Waals surface area contributed by atoms with Crippen molar-refractivity contribution in [1.82, 2.24) is 9.97 Å². The molecule has 0 fully saturated rings. The van der Waals surface area contributed by atoms with Crippen molar-refractivity contribution in [3.05, 3.63) is 114 Å². The van der Waals surface area contributed by atoms with Gasteiger partial charge in [0.05, 0.1) is 13.3 Å². The Hall–Kier alpha value is -4.66. The number of ether oxygens (including phenoxy) is 1. The van der Waals surface area contributed by atoms with Crippen LogP contribution in [0.5, 0.6) is 5.75 Å². The molecule has 35 heavy (non-hydrogen) atoms. The predicted molar refractivity (Wildman–Crippen MR) is 126 cm³/mol. The lowest BCUT2D eigenvalue weighted by Gasteiger charge is -2.31. The molecule has 4 rings (SSSR count). The van der Waals surface area contributed by atoms with E-state index in [1.54, 1.807) is 24.3 Å². The standard InChI is InChI=1S/C26H20F2N4O3/c1-35-22-4-2-3-21(15-22)32(26(34)23-16-29-13-14-30-23)24(17-5-7-18(27)8-6-17)25(33)31-20-11-9-19(28)10-12-20/h2-16,24H,1H3,(H,31,33)/t24-/m1/s1. The van der Waals surface area contributed by atoms with E-state index in [0.29, 0.717) is 22.7 Å². The summed E-state index contributed by atoms with van der Waals surface area (Å²) in [6.45, 7) is 0. The number of nitrogens with one attached hydrogen (secondary N) is 1. The van der Waals surface area contributed by atoms with Gasteiger partial charge in [-0.2, -0.15) is 0 Å². The largest absolute Gasteiger partial charge is 0.497 e. The molecule has 9 heteroatoms. The summed E-state index contributed by atoms with van der Waals surface area (Å²) in [5, 5.41) is 2.71. The van der Waals surface area contributed by atoms with Gasteiger partial charge in [-0.15, -0.1) is 0 Å². The molecule has 3 aromatic carbocycles. The third-order valence-electron chi connectivity index (χ3n) is 5.14. The third kappa shape index (κ3) is 5.47. The lowest BCUT2D eigenvalue weighted by atomic mass is 10.0. The van der Waals surface area contributed by atoms with Gasteiger partial charge in [-0.1, -0.05) is 18.2 Å². The molecular formula is C26H20F2N4O3. The summed E-state index contributed by atoms with van der Waals surface area (Å²) < 4.78 is 32.4. The first kappa shape index (κ1) is 23.5. The first-order chi connectivity index (χ1) is 17.0. The SMILES string of the molecule is COc1cccc(N(C(=O)c2cnccn2)[C@@H](C(=O)Nc2ccc(F)cc2)c2ccc(F)cc2)c1. The van der Waals surface area contributed by atoms with E-state index in [0.717, 1.165) is 0 Å². The van der Waals surface area contributed by atoms with Gasteiger partial charge in [-0.05, 0) is 54.1 Å². The summed E-state index contributed by atoms with van der Waals surface area (Å²) >= 11 is 0. The molecule has 1 aromatic heterocycles. The number of carbonyl (C=O) groups excluding carboxylic acids is 2. The number of benzene rings is 3. The Bertz CT molecular complexity index is 1320. The molecule has 2 amide bonds. The Morgan fingerprint density at radius 1 is 0.943 bits per heavy atom. The van der Waals surface area contributed by atoms with Gasteiger partial charge in [-0.3, -0.25) is 19.5 Å². The van der Waals surface area contributed by atoms with Gasteiger partial charge >= 0.3 is 0 Å². The number of nitrogens with zero attached hydrogens (tertiary/aromatic N) is 3. The number of hydrogen-bond acceptors (Lipinski definition) is 5. The normalized spacial score (nSPS) is 11.4. The average molecular weight is 474 g/mol. The second kappa shape index (κ2) is 10.5. The summed E-state index contributed by atoms with van der Waals surface area (Å²) in [5.74, 6) is -1.73. The van der Waals surface area contributed by atoms with Crippen LogP contribution in [0.3, 0.4) is 0 Å². The zero-order valence-corrected chi connectivity index (χ0v) is 18.6. The van der Waals surface area contributed by atoms with Gasteiger partial charge in [0.15, 0.2) is 0 Å². The minimum atomic E-state index is -1.25. The monoisotopic (exact) mass is 474 g/mol. The van der Waals surface area contributed by atoms with Crippen LogP contribution < -0.4 is 15.0 Å². The van der Waals surface area contributed by atoms with Crippen LogP contribution in [-0.2, 0) is 4.79 Å². The maximum absolute atomic E-state index is 13.7. The molecule has 4 aromatic rings. The Kier molecular flexibility index (Phi) is 7.06. The van der Waals surface area contributed by atoms with Gasteiger partial charge < -0.3 is 10.1 Å². The lowest BCUT2D eigenvalue weighted by molar-refractivity contribution is -0.117. The molecule has 0 unspecified atom stereocenters. The van der Waals surface area contributed by atoms with Crippen molar-refractivity contribution in [3.63, 3.8) is 0 Å². The second-order valence-corrected chi connectivity index (χ2v) is 7.42. The molecule has 0 aliphatic carbocycles. The molecule has 1 heterocycles. The van der Waals surface area contributed by atoms with E-state index in [1.807, 2.05) is 0 Å². The third-order valence-corrected chi connectivity index (χ3v) is 5.14. The van der Waals surface area contributed by atoms with Crippen LogP contribution in [0, 0.1) is 11.6 Å². The van der Waals surface area contributed by atoms with Crippen molar-refractivity contribution >= 4 is 23.2 Å². The van der Waals surface area contributed by atoms with Gasteiger partial charge in [0.1, 0.15) is 29.1 Å². The lowest BCUT2D eigenvalue weighted by Crippen LogP contribution is -2.42. The number of rotatable bonds is 7. The van der Waals surface area contributed by atoms with Crippen LogP contribution in [0.1, 0.15) is 22.1 Å². The fourth-order valence-corrected chi connectivity index (χ4v) is 3.48. The zero-order valence-electron chi connectivity index (χ0n) is 18.6. The van der Waals surface area contributed by atoms with Crippen LogP contribution >= 0.6 is 0 Å². The van der Waals surface area contributed by atoms with Crippen LogP contribution in [0.25, 0.3) is 0 Å². The molecule has 7 nitrogen and oxygen atoms in total. The number of hydrogen-bond donors (Lipinski definition) is 1. The van der Waals surface area contributed by atoms with Crippen molar-refractivity contribution in [3.8, 4) is 5.75 Å². The Labute approximate surface area is 200 Å². The van der Waals surface area contributed by atoms with Crippen molar-refractivity contribution in [2.24, 2.45) is 0 Å². The van der Waals surface area contributed by atoms with Gasteiger partial charge in [0.25, 0.3) is 11.8 Å². The van der Waals surface area contributed by atoms with Crippen LogP contribution in [0.15, 0.2) is 91.4 Å². The number of halogens is 2. The first-order valence-electron chi connectivity index (χ1n) is 10.5. The number of amides is 2. The van der Waals surface area contributed by atoms with Crippen LogP contribution in [0.2, 0.25) is 0 Å². The highest BCUT2D eigenvalue weighted by atomic mass is 19.1. The van der Waals surface area contributed by atoms with E-state index in [-0.39, 0.29) is 5.69 Å². The zero-order chi connectivity index (χ0) is 24.8. The number of aromatic nitrogens is 2. The highest BCUT2D eigenvalue weighted by Crippen LogP contribution is 2.32. The minimum absolute atomic E-state index is 0.00277. The van der Waals surface area contributed by atoms with E-state index in [1.165, 1.54) is 79.1 Å². The van der Waals surface area contributed by atoms with Gasteiger partial charge in [0, 0.05) is 29.8 Å². The number of carbonyl (C=O) groups is 2. The molecule has 0 saturated carbocycles. The minimum Gasteiger partial charge on any atom is -0.497 e. The molecule has 0 bridgehead atoms. The molecule has 0 saturated heterocycles. The molecule has 1 atom stereocenters. The van der Waals surface area contributed by atoms with E-state index in [2.05, 4.69) is 15.3 Å². The first-order valence-corrected chi connectivity index (χ1v) is 10.5. The summed E-state index contributed by atoms with van der Waals surface area (Å²) in [7, 11) is 1.48. The number of methoxy groups -OCH3 is 1. The van der Waals surface area contributed by atoms with E-state index in [9.17, 15) is 18.4 Å². The molecular weight excluding hydrogens is 454 g/mol. The Balaban J connectivity index is 1.85. The molecule has 0 aliphatic heterocycles. The topological polar surface area (TPSA) is 84.4 Å². The average Bonchev–Trinajstić information content (AvgIpc) is 2.89. The summed E-state index contributed by atoms with van der Waals surface area (Å²) in [5.41, 5.74) is 0.993. The van der Waals surface area contributed by atoms with Crippen molar-refractivity contribution < 1.29 is 23.1 Å². The highest BCUT2D eigenvalue weighted by Gasteiger charge is 2.34. The second-order valence-electron chi connectivity index (χ2n) is 7.42. The van der Waals surface area contributed by atoms with Gasteiger partial charge in [0.2, 0.25) is 0 Å². The van der Waals surface area contributed by atoms with Crippen LogP contribution in [0.4, 0.5) is 20.2 Å². The maximum Gasteiger partial charge on any atom is 0.279 e. The summed E-state index contributed by atoms with van der Waals surface area (Å²) in [6.07, 6.45) is 4.07. The predicted octanol–water partition coefficient (Wildman–Crippen LogP) is 4.79. The fraction of sp³-hybridized carbons (Fsp3) is 0.0769. The van der Waals surface area contributed by atoms with Crippen molar-refractivity contribution in [2.45, 2.75) is 6.04 Å². The molecule has 0 radical (unpaired) electrons. The Morgan fingerprint density at radius 2 is 1.63 bits per heavy atom. The smallest absolute Gasteiger partial charge is 0.279 e. The van der Waals surface area contributed by atoms with E-state index >= 15 is 0 Å².